The molecular formula is C12H30ClNOSi. The van der Waals surface area contributed by atoms with Gasteiger partial charge in [-0.25, -0.2) is 0 Å². The van der Waals surface area contributed by atoms with Crippen molar-refractivity contribution < 1.29 is 4.43 Å². The fourth-order valence-corrected chi connectivity index (χ4v) is 1.79. The molecule has 0 aliphatic heterocycles. The molecule has 2 nitrogen and oxygen atoms in total. The Labute approximate surface area is 109 Å². The molecule has 0 saturated heterocycles. The average molecular weight is 268 g/mol. The van der Waals surface area contributed by atoms with Crippen LogP contribution in [0.3, 0.4) is 0 Å². The summed E-state index contributed by atoms with van der Waals surface area (Å²) in [7, 11) is -1.63. The molecule has 0 radical (unpaired) electrons. The van der Waals surface area contributed by atoms with Crippen molar-refractivity contribution in [1.29, 1.82) is 0 Å². The van der Waals surface area contributed by atoms with E-state index in [1.807, 2.05) is 0 Å². The number of nitrogens with two attached hydrogens (primary N) is 1. The first kappa shape index (κ1) is 18.8. The van der Waals surface area contributed by atoms with E-state index in [-0.39, 0.29) is 28.9 Å². The second kappa shape index (κ2) is 5.85. The van der Waals surface area contributed by atoms with Gasteiger partial charge in [0, 0.05) is 12.6 Å². The summed E-state index contributed by atoms with van der Waals surface area (Å²) in [5, 5.41) is 0.268. The minimum absolute atomic E-state index is 0. The van der Waals surface area contributed by atoms with Gasteiger partial charge in [0.15, 0.2) is 8.32 Å². The lowest BCUT2D eigenvalue weighted by Gasteiger charge is -2.38. The van der Waals surface area contributed by atoms with Crippen LogP contribution >= 0.6 is 12.4 Å². The zero-order chi connectivity index (χ0) is 12.5. The number of hydrogen-bond donors (Lipinski definition) is 1. The summed E-state index contributed by atoms with van der Waals surface area (Å²) in [5.41, 5.74) is 6.23. The maximum absolute atomic E-state index is 6.10. The molecule has 0 heterocycles. The second-order valence-corrected chi connectivity index (χ2v) is 11.9. The van der Waals surface area contributed by atoms with E-state index in [1.54, 1.807) is 0 Å². The van der Waals surface area contributed by atoms with Gasteiger partial charge in [-0.3, -0.25) is 0 Å². The third kappa shape index (κ3) is 5.67. The molecular weight excluding hydrogens is 238 g/mol. The maximum atomic E-state index is 6.10. The highest BCUT2D eigenvalue weighted by Crippen LogP contribution is 2.36. The normalized spacial score (nSPS) is 15.6. The van der Waals surface area contributed by atoms with Crippen LogP contribution in [0.25, 0.3) is 0 Å². The summed E-state index contributed by atoms with van der Waals surface area (Å²) in [6.45, 7) is 18.4. The average Bonchev–Trinajstić information content (AvgIpc) is 1.96. The monoisotopic (exact) mass is 267 g/mol. The Balaban J connectivity index is 0. The van der Waals surface area contributed by atoms with Crippen LogP contribution in [0.2, 0.25) is 18.1 Å². The van der Waals surface area contributed by atoms with Gasteiger partial charge in [-0.2, -0.15) is 0 Å². The molecule has 0 bridgehead atoms. The SMILES string of the molecule is CC(C)(C)[C@@H](N)CO[Si](C)(C)C(C)(C)C.Cl. The lowest BCUT2D eigenvalue weighted by molar-refractivity contribution is 0.192. The van der Waals surface area contributed by atoms with Gasteiger partial charge in [-0.15, -0.1) is 12.4 Å². The molecule has 0 fully saturated rings. The molecule has 16 heavy (non-hydrogen) atoms. The molecule has 0 aliphatic rings. The first-order valence-electron chi connectivity index (χ1n) is 5.77. The molecule has 0 saturated carbocycles. The van der Waals surface area contributed by atoms with Crippen molar-refractivity contribution in [2.75, 3.05) is 6.61 Å². The molecule has 4 heteroatoms. The van der Waals surface area contributed by atoms with Crippen LogP contribution in [-0.2, 0) is 4.43 Å². The van der Waals surface area contributed by atoms with Gasteiger partial charge in [0.2, 0.25) is 0 Å². The van der Waals surface area contributed by atoms with Gasteiger partial charge >= 0.3 is 0 Å². The minimum atomic E-state index is -1.63. The summed E-state index contributed by atoms with van der Waals surface area (Å²) in [6.07, 6.45) is 0. The number of halogens is 1. The molecule has 0 spiro atoms. The van der Waals surface area contributed by atoms with Gasteiger partial charge in [0.1, 0.15) is 0 Å². The molecule has 0 aromatic carbocycles. The number of rotatable bonds is 3. The van der Waals surface area contributed by atoms with Crippen molar-refractivity contribution >= 4 is 20.7 Å². The standard InChI is InChI=1S/C12H29NOSi.ClH/c1-11(2,3)10(13)9-14-15(7,8)12(4,5)6;/h10H,9,13H2,1-8H3;1H/t10-;/m0./s1. The van der Waals surface area contributed by atoms with E-state index < -0.39 is 8.32 Å². The Bertz CT molecular complexity index is 206. The molecule has 0 aromatic heterocycles. The van der Waals surface area contributed by atoms with Crippen LogP contribution < -0.4 is 5.73 Å². The van der Waals surface area contributed by atoms with Crippen LogP contribution in [0, 0.1) is 5.41 Å². The first-order valence-corrected chi connectivity index (χ1v) is 8.68. The first-order chi connectivity index (χ1) is 6.38. The fourth-order valence-electron chi connectivity index (χ4n) is 0.765. The lowest BCUT2D eigenvalue weighted by Crippen LogP contribution is -2.47. The Morgan fingerprint density at radius 2 is 1.44 bits per heavy atom. The lowest BCUT2D eigenvalue weighted by atomic mass is 9.88. The molecule has 2 N–H and O–H groups in total. The van der Waals surface area contributed by atoms with E-state index in [2.05, 4.69) is 54.6 Å². The quantitative estimate of drug-likeness (QED) is 0.790. The zero-order valence-corrected chi connectivity index (χ0v) is 14.0. The van der Waals surface area contributed by atoms with E-state index in [1.165, 1.54) is 0 Å². The molecule has 100 valence electrons. The van der Waals surface area contributed by atoms with Crippen LogP contribution in [0.5, 0.6) is 0 Å². The van der Waals surface area contributed by atoms with Gasteiger partial charge in [0.25, 0.3) is 0 Å². The highest BCUT2D eigenvalue weighted by atomic mass is 35.5. The van der Waals surface area contributed by atoms with Gasteiger partial charge in [-0.1, -0.05) is 41.5 Å². The van der Waals surface area contributed by atoms with E-state index in [0.717, 1.165) is 0 Å². The Hall–Kier alpha value is 0.427. The summed E-state index contributed by atoms with van der Waals surface area (Å²) in [5.74, 6) is 0. The Kier molecular flexibility index (Phi) is 6.87. The molecule has 0 aromatic rings. The van der Waals surface area contributed by atoms with Crippen molar-refractivity contribution in [3.05, 3.63) is 0 Å². The Morgan fingerprint density at radius 3 is 1.69 bits per heavy atom. The van der Waals surface area contributed by atoms with Crippen LogP contribution in [0.1, 0.15) is 41.5 Å². The predicted molar refractivity (Wildman–Crippen MR) is 77.8 cm³/mol. The summed E-state index contributed by atoms with van der Waals surface area (Å²) in [4.78, 5) is 0. The molecule has 0 aliphatic carbocycles. The van der Waals surface area contributed by atoms with Gasteiger partial charge in [0.05, 0.1) is 0 Å². The van der Waals surface area contributed by atoms with E-state index in [9.17, 15) is 0 Å². The van der Waals surface area contributed by atoms with E-state index in [0.29, 0.717) is 6.61 Å². The van der Waals surface area contributed by atoms with Crippen LogP contribution in [-0.4, -0.2) is 21.0 Å². The summed E-state index contributed by atoms with van der Waals surface area (Å²) in [6, 6.07) is 0.117. The molecule has 0 amide bonds. The molecule has 0 unspecified atom stereocenters. The summed E-state index contributed by atoms with van der Waals surface area (Å²) >= 11 is 0. The van der Waals surface area contributed by atoms with E-state index >= 15 is 0 Å². The summed E-state index contributed by atoms with van der Waals surface area (Å²) < 4.78 is 6.10. The van der Waals surface area contributed by atoms with Gasteiger partial charge < -0.3 is 10.2 Å². The predicted octanol–water partition coefficient (Wildman–Crippen LogP) is 3.80. The van der Waals surface area contributed by atoms with Gasteiger partial charge in [-0.05, 0) is 23.5 Å². The van der Waals surface area contributed by atoms with Crippen molar-refractivity contribution in [2.24, 2.45) is 11.1 Å². The van der Waals surface area contributed by atoms with E-state index in [4.69, 9.17) is 10.2 Å². The van der Waals surface area contributed by atoms with Crippen LogP contribution in [0.15, 0.2) is 0 Å². The van der Waals surface area contributed by atoms with Crippen molar-refractivity contribution in [3.63, 3.8) is 0 Å². The zero-order valence-electron chi connectivity index (χ0n) is 12.2. The fraction of sp³-hybridized carbons (Fsp3) is 1.00. The van der Waals surface area contributed by atoms with Crippen molar-refractivity contribution in [1.82, 2.24) is 0 Å². The topological polar surface area (TPSA) is 35.2 Å². The molecule has 1 atom stereocenters. The largest absolute Gasteiger partial charge is 0.415 e. The second-order valence-electron chi connectivity index (χ2n) is 7.04. The molecule has 0 rings (SSSR count). The third-order valence-electron chi connectivity index (χ3n) is 3.54. The van der Waals surface area contributed by atoms with Crippen molar-refractivity contribution in [3.8, 4) is 0 Å². The smallest absolute Gasteiger partial charge is 0.192 e. The number of hydrogen-bond acceptors (Lipinski definition) is 2. The van der Waals surface area contributed by atoms with Crippen LogP contribution in [0.4, 0.5) is 0 Å². The Morgan fingerprint density at radius 1 is 1.06 bits per heavy atom. The minimum Gasteiger partial charge on any atom is -0.415 e. The maximum Gasteiger partial charge on any atom is 0.192 e. The third-order valence-corrected chi connectivity index (χ3v) is 8.04. The highest BCUT2D eigenvalue weighted by molar-refractivity contribution is 6.74. The highest BCUT2D eigenvalue weighted by Gasteiger charge is 2.38. The van der Waals surface area contributed by atoms with Crippen molar-refractivity contribution in [2.45, 2.75) is 65.7 Å².